The molecular weight excluding hydrogens is 421 g/mol. The molecule has 0 aliphatic rings. The first kappa shape index (κ1) is 29.4. The molecular formula is C16H40Cl4CoN2. The molecule has 0 aromatic rings. The van der Waals surface area contributed by atoms with E-state index >= 15 is 0 Å². The number of halogens is 4. The van der Waals surface area contributed by atoms with E-state index in [2.05, 4.69) is 55.4 Å². The van der Waals surface area contributed by atoms with Crippen LogP contribution in [0, 0.1) is 0 Å². The predicted octanol–water partition coefficient (Wildman–Crippen LogP) is 6.52. The van der Waals surface area contributed by atoms with Gasteiger partial charge in [-0.15, -0.1) is 0 Å². The van der Waals surface area contributed by atoms with E-state index in [-0.39, 0.29) is 0 Å². The molecule has 0 aromatic heterocycles. The second-order valence-electron chi connectivity index (χ2n) is 5.50. The second kappa shape index (κ2) is 15.8. The van der Waals surface area contributed by atoms with Crippen LogP contribution in [0.5, 0.6) is 0 Å². The minimum absolute atomic E-state index is 1.28. The fourth-order valence-corrected chi connectivity index (χ4v) is 2.68. The molecule has 7 heteroatoms. The van der Waals surface area contributed by atoms with E-state index in [1.807, 2.05) is 0 Å². The van der Waals surface area contributed by atoms with Gasteiger partial charge in [0.25, 0.3) is 0 Å². The predicted molar refractivity (Wildman–Crippen MR) is 108 cm³/mol. The summed E-state index contributed by atoms with van der Waals surface area (Å²) in [6.45, 7) is 28.4. The normalized spacial score (nSPS) is 12.7. The molecule has 0 N–H and O–H groups in total. The van der Waals surface area contributed by atoms with Crippen molar-refractivity contribution in [2.24, 2.45) is 0 Å². The van der Waals surface area contributed by atoms with Gasteiger partial charge in [-0.25, -0.2) is 0 Å². The number of hydrogen-bond acceptors (Lipinski definition) is 0. The molecule has 151 valence electrons. The van der Waals surface area contributed by atoms with Gasteiger partial charge in [-0.05, 0) is 55.4 Å². The Morgan fingerprint density at radius 1 is 0.435 bits per heavy atom. The molecule has 0 aliphatic heterocycles. The van der Waals surface area contributed by atoms with Crippen LogP contribution in [0.4, 0.5) is 0 Å². The van der Waals surface area contributed by atoms with Gasteiger partial charge in [0, 0.05) is 0 Å². The molecule has 0 aliphatic carbocycles. The van der Waals surface area contributed by atoms with Crippen molar-refractivity contribution in [1.29, 1.82) is 0 Å². The van der Waals surface area contributed by atoms with Gasteiger partial charge in [-0.3, -0.25) is 0 Å². The van der Waals surface area contributed by atoms with Gasteiger partial charge >= 0.3 is 49.6 Å². The molecule has 0 bridgehead atoms. The maximum absolute atomic E-state index is 4.94. The molecule has 0 radical (unpaired) electrons. The zero-order valence-corrected chi connectivity index (χ0v) is 20.5. The Labute approximate surface area is 165 Å². The Balaban J connectivity index is -0.000000273. The summed E-state index contributed by atoms with van der Waals surface area (Å²) in [6.07, 6.45) is 0. The molecule has 0 saturated heterocycles. The van der Waals surface area contributed by atoms with Crippen molar-refractivity contribution in [2.45, 2.75) is 55.4 Å². The Hall–Kier alpha value is 1.59. The van der Waals surface area contributed by atoms with Crippen LogP contribution in [0.1, 0.15) is 55.4 Å². The van der Waals surface area contributed by atoms with Crippen LogP contribution < -0.4 is 0 Å². The van der Waals surface area contributed by atoms with Crippen LogP contribution in [0.2, 0.25) is 0 Å². The van der Waals surface area contributed by atoms with Crippen LogP contribution in [-0.4, -0.2) is 61.3 Å². The zero-order chi connectivity index (χ0) is 19.2. The van der Waals surface area contributed by atoms with E-state index < -0.39 is 9.01 Å². The second-order valence-corrected chi connectivity index (χ2v) is 15.8. The van der Waals surface area contributed by atoms with E-state index in [1.54, 1.807) is 0 Å². The summed E-state index contributed by atoms with van der Waals surface area (Å²) < 4.78 is 2.56. The average molecular weight is 461 g/mol. The third kappa shape index (κ3) is 16.8. The van der Waals surface area contributed by atoms with Crippen LogP contribution in [-0.2, 0) is 9.01 Å². The quantitative estimate of drug-likeness (QED) is 0.361. The molecule has 0 saturated carbocycles. The monoisotopic (exact) mass is 459 g/mol. The summed E-state index contributed by atoms with van der Waals surface area (Å²) in [6, 6.07) is 0. The van der Waals surface area contributed by atoms with Gasteiger partial charge in [0.2, 0.25) is 0 Å². The van der Waals surface area contributed by atoms with Crippen LogP contribution in [0.3, 0.4) is 0 Å². The fourth-order valence-electron chi connectivity index (χ4n) is 2.68. The molecule has 0 heterocycles. The van der Waals surface area contributed by atoms with Crippen LogP contribution >= 0.6 is 40.6 Å². The number of hydrogen-bond donors (Lipinski definition) is 0. The Morgan fingerprint density at radius 3 is 0.522 bits per heavy atom. The number of quaternary nitrogens is 2. The SMILES string of the molecule is CC[N+](CC)(CC)CC.CC[N+](CC)(CC)CC.[Cl][Co-2]([Cl])([Cl])[Cl]. The first-order chi connectivity index (χ1) is 10.5. The van der Waals surface area contributed by atoms with Gasteiger partial charge in [0.05, 0.1) is 52.4 Å². The first-order valence-electron chi connectivity index (χ1n) is 8.69. The molecule has 0 rings (SSSR count). The van der Waals surface area contributed by atoms with Crippen molar-refractivity contribution in [3.05, 3.63) is 0 Å². The van der Waals surface area contributed by atoms with Crippen molar-refractivity contribution in [1.82, 2.24) is 0 Å². The van der Waals surface area contributed by atoms with Crippen molar-refractivity contribution >= 4 is 40.6 Å². The molecule has 0 fully saturated rings. The third-order valence-corrected chi connectivity index (χ3v) is 5.37. The van der Waals surface area contributed by atoms with E-state index in [9.17, 15) is 0 Å². The van der Waals surface area contributed by atoms with Crippen LogP contribution in [0.25, 0.3) is 0 Å². The van der Waals surface area contributed by atoms with Crippen LogP contribution in [0.15, 0.2) is 0 Å². The summed E-state index contributed by atoms with van der Waals surface area (Å²) >= 11 is 0. The van der Waals surface area contributed by atoms with Gasteiger partial charge in [-0.1, -0.05) is 0 Å². The fraction of sp³-hybridized carbons (Fsp3) is 1.00. The Bertz CT molecular complexity index is 192. The number of rotatable bonds is 8. The van der Waals surface area contributed by atoms with Crippen molar-refractivity contribution < 1.29 is 18.0 Å². The summed E-state index contributed by atoms with van der Waals surface area (Å²) in [5.41, 5.74) is 0. The topological polar surface area (TPSA) is 0 Å². The summed E-state index contributed by atoms with van der Waals surface area (Å²) in [5.74, 6) is 0. The summed E-state index contributed by atoms with van der Waals surface area (Å²) in [7, 11) is 17.3. The van der Waals surface area contributed by atoms with Crippen molar-refractivity contribution in [3.8, 4) is 0 Å². The van der Waals surface area contributed by atoms with E-state index in [4.69, 9.17) is 40.6 Å². The van der Waals surface area contributed by atoms with E-state index in [0.717, 1.165) is 0 Å². The molecule has 0 unspecified atom stereocenters. The molecule has 2 nitrogen and oxygen atoms in total. The molecule has 0 amide bonds. The van der Waals surface area contributed by atoms with Crippen molar-refractivity contribution in [2.75, 3.05) is 52.4 Å². The molecule has 0 atom stereocenters. The van der Waals surface area contributed by atoms with Gasteiger partial charge in [0.15, 0.2) is 0 Å². The summed E-state index contributed by atoms with van der Waals surface area (Å²) in [5, 5.41) is 0. The zero-order valence-electron chi connectivity index (χ0n) is 16.4. The maximum atomic E-state index is 4.94. The first-order valence-corrected chi connectivity index (χ1v) is 14.4. The Kier molecular flexibility index (Phi) is 20.2. The van der Waals surface area contributed by atoms with Gasteiger partial charge in [-0.2, -0.15) is 0 Å². The number of nitrogens with zero attached hydrogens (tertiary/aromatic N) is 2. The van der Waals surface area contributed by atoms with Crippen molar-refractivity contribution in [3.63, 3.8) is 0 Å². The summed E-state index contributed by atoms with van der Waals surface area (Å²) in [4.78, 5) is 0. The van der Waals surface area contributed by atoms with Gasteiger partial charge in [0.1, 0.15) is 0 Å². The van der Waals surface area contributed by atoms with Gasteiger partial charge < -0.3 is 8.97 Å². The average Bonchev–Trinajstić information content (AvgIpc) is 2.52. The standard InChI is InChI=1S/2C8H20N.4ClH.Co/c2*1-5-9(6-2,7-3)8-4;;;;;/h2*5-8H2,1-4H3;4*1H;/q2*+1;;;;;+2/p-4. The third-order valence-electron chi connectivity index (χ3n) is 5.37. The van der Waals surface area contributed by atoms with E-state index in [0.29, 0.717) is 0 Å². The van der Waals surface area contributed by atoms with E-state index in [1.165, 1.54) is 61.3 Å². The molecule has 0 spiro atoms. The minimum atomic E-state index is -2.49. The molecule has 23 heavy (non-hydrogen) atoms. The molecule has 0 aromatic carbocycles. The Morgan fingerprint density at radius 2 is 0.522 bits per heavy atom.